The number of aliphatic hydroxyl groups is 1. The van der Waals surface area contributed by atoms with E-state index in [9.17, 15) is 20.1 Å². The van der Waals surface area contributed by atoms with Crippen molar-refractivity contribution in [1.82, 2.24) is 0 Å². The van der Waals surface area contributed by atoms with E-state index in [0.29, 0.717) is 30.4 Å². The van der Waals surface area contributed by atoms with E-state index in [-0.39, 0.29) is 29.0 Å². The number of allylic oxidation sites excluding steroid dienone is 5. The topological polar surface area (TPSA) is 90.3 Å². The molecular formula is C27H38O5. The average molecular weight is 443 g/mol. The van der Waals surface area contributed by atoms with Crippen LogP contribution in [0.15, 0.2) is 47.1 Å². The van der Waals surface area contributed by atoms with Crippen LogP contribution in [0, 0.1) is 6.92 Å². The van der Waals surface area contributed by atoms with Crippen molar-refractivity contribution in [2.45, 2.75) is 91.5 Å². The monoisotopic (exact) mass is 442 g/mol. The Kier molecular flexibility index (Phi) is 8.88. The van der Waals surface area contributed by atoms with Crippen LogP contribution >= 0.6 is 0 Å². The van der Waals surface area contributed by atoms with Gasteiger partial charge in [-0.1, -0.05) is 23.3 Å². The molecule has 2 rings (SSSR count). The zero-order valence-corrected chi connectivity index (χ0v) is 20.2. The summed E-state index contributed by atoms with van der Waals surface area (Å²) in [5.74, 6) is 0.342. The van der Waals surface area contributed by atoms with Crippen molar-refractivity contribution in [3.8, 4) is 11.5 Å². The largest absolute Gasteiger partial charge is 0.508 e. The minimum atomic E-state index is -0.491. The fourth-order valence-electron chi connectivity index (χ4n) is 3.73. The first-order valence-electron chi connectivity index (χ1n) is 11.3. The fraction of sp³-hybridized carbons (Fsp3) is 0.519. The van der Waals surface area contributed by atoms with E-state index >= 15 is 0 Å². The number of ketones is 1. The molecule has 2 atom stereocenters. The van der Waals surface area contributed by atoms with E-state index < -0.39 is 6.10 Å². The summed E-state index contributed by atoms with van der Waals surface area (Å²) in [6.07, 6.45) is 8.20. The number of benzene rings is 1. The first-order valence-corrected chi connectivity index (χ1v) is 11.3. The molecule has 1 aliphatic heterocycles. The maximum absolute atomic E-state index is 12.4. The highest BCUT2D eigenvalue weighted by Crippen LogP contribution is 2.39. The van der Waals surface area contributed by atoms with Gasteiger partial charge in [0.15, 0.2) is 5.78 Å². The quantitative estimate of drug-likeness (QED) is 0.183. The molecule has 0 radical (unpaired) electrons. The number of aliphatic hydroxyl groups excluding tert-OH is 1. The zero-order valence-electron chi connectivity index (χ0n) is 20.2. The van der Waals surface area contributed by atoms with E-state index in [1.54, 1.807) is 19.1 Å². The standard InChI is InChI=1S/C27H38O5/c1-17(8-7-9-19(3)24(30)16-25-27(5,6)32-25)12-22(28)13-18(2)10-11-21-15-23(29)14-20(4)26(21)31/h9-10,12,14-15,24-25,29-31H,7-8,11,13,16H2,1-6H3/b17-12+,18-10+,19-9+. The van der Waals surface area contributed by atoms with Gasteiger partial charge in [0.2, 0.25) is 0 Å². The molecule has 0 spiro atoms. The molecule has 3 N–H and O–H groups in total. The molecule has 1 aromatic rings. The van der Waals surface area contributed by atoms with Gasteiger partial charge in [0.25, 0.3) is 0 Å². The molecule has 1 aliphatic rings. The third kappa shape index (κ3) is 7.95. The Morgan fingerprint density at radius 3 is 2.44 bits per heavy atom. The molecule has 32 heavy (non-hydrogen) atoms. The van der Waals surface area contributed by atoms with Crippen LogP contribution in [0.1, 0.15) is 71.4 Å². The second-order valence-electron chi connectivity index (χ2n) is 9.61. The van der Waals surface area contributed by atoms with Crippen molar-refractivity contribution < 1.29 is 24.9 Å². The summed E-state index contributed by atoms with van der Waals surface area (Å²) in [5, 5.41) is 30.1. The van der Waals surface area contributed by atoms with Crippen molar-refractivity contribution in [3.05, 3.63) is 58.2 Å². The van der Waals surface area contributed by atoms with Crippen LogP contribution < -0.4 is 0 Å². The Hall–Kier alpha value is -2.37. The van der Waals surface area contributed by atoms with Crippen molar-refractivity contribution in [1.29, 1.82) is 0 Å². The number of aromatic hydroxyl groups is 2. The predicted molar refractivity (Wildman–Crippen MR) is 128 cm³/mol. The van der Waals surface area contributed by atoms with E-state index in [1.165, 1.54) is 6.07 Å². The summed E-state index contributed by atoms with van der Waals surface area (Å²) in [4.78, 5) is 12.4. The van der Waals surface area contributed by atoms with Gasteiger partial charge in [-0.15, -0.1) is 0 Å². The number of phenolic OH excluding ortho intramolecular Hbond substituents is 2. The lowest BCUT2D eigenvalue weighted by Crippen LogP contribution is -2.15. The van der Waals surface area contributed by atoms with Gasteiger partial charge in [0.1, 0.15) is 11.5 Å². The molecule has 176 valence electrons. The molecule has 1 saturated heterocycles. The molecule has 5 nitrogen and oxygen atoms in total. The number of carbonyl (C=O) groups is 1. The van der Waals surface area contributed by atoms with Crippen LogP contribution in [0.5, 0.6) is 11.5 Å². The highest BCUT2D eigenvalue weighted by Gasteiger charge is 2.48. The Labute approximate surface area is 192 Å². The molecule has 0 aliphatic carbocycles. The number of rotatable bonds is 11. The molecule has 0 bridgehead atoms. The Morgan fingerprint density at radius 1 is 1.16 bits per heavy atom. The van der Waals surface area contributed by atoms with Gasteiger partial charge in [0.05, 0.1) is 17.8 Å². The first kappa shape index (κ1) is 25.9. The second kappa shape index (κ2) is 11.0. The van der Waals surface area contributed by atoms with Crippen molar-refractivity contribution in [3.63, 3.8) is 0 Å². The minimum Gasteiger partial charge on any atom is -0.508 e. The molecule has 0 aromatic heterocycles. The van der Waals surface area contributed by atoms with Gasteiger partial charge in [-0.05, 0) is 90.2 Å². The lowest BCUT2D eigenvalue weighted by molar-refractivity contribution is -0.114. The van der Waals surface area contributed by atoms with Crippen LogP contribution in [-0.4, -0.2) is 38.9 Å². The maximum atomic E-state index is 12.4. The number of carbonyl (C=O) groups excluding carboxylic acids is 1. The van der Waals surface area contributed by atoms with E-state index in [2.05, 4.69) is 0 Å². The molecule has 2 unspecified atom stereocenters. The van der Waals surface area contributed by atoms with Gasteiger partial charge >= 0.3 is 0 Å². The van der Waals surface area contributed by atoms with Crippen LogP contribution in [-0.2, 0) is 16.0 Å². The van der Waals surface area contributed by atoms with Crippen molar-refractivity contribution >= 4 is 5.78 Å². The lowest BCUT2D eigenvalue weighted by atomic mass is 9.99. The third-order valence-electron chi connectivity index (χ3n) is 6.03. The van der Waals surface area contributed by atoms with E-state index in [1.807, 2.05) is 46.8 Å². The van der Waals surface area contributed by atoms with Gasteiger partial charge in [-0.3, -0.25) is 4.79 Å². The molecule has 1 aromatic carbocycles. The average Bonchev–Trinajstić information content (AvgIpc) is 3.28. The summed E-state index contributed by atoms with van der Waals surface area (Å²) in [6, 6.07) is 3.06. The normalized spacial score (nSPS) is 19.7. The second-order valence-corrected chi connectivity index (χ2v) is 9.61. The lowest BCUT2D eigenvalue weighted by Gasteiger charge is -2.10. The molecule has 1 fully saturated rings. The van der Waals surface area contributed by atoms with E-state index in [4.69, 9.17) is 4.74 Å². The fourth-order valence-corrected chi connectivity index (χ4v) is 3.73. The summed E-state index contributed by atoms with van der Waals surface area (Å²) in [7, 11) is 0. The highest BCUT2D eigenvalue weighted by atomic mass is 16.6. The Morgan fingerprint density at radius 2 is 1.81 bits per heavy atom. The molecule has 0 amide bonds. The number of hydrogen-bond donors (Lipinski definition) is 3. The summed E-state index contributed by atoms with van der Waals surface area (Å²) >= 11 is 0. The van der Waals surface area contributed by atoms with Crippen molar-refractivity contribution in [2.75, 3.05) is 0 Å². The van der Waals surface area contributed by atoms with Gasteiger partial charge in [-0.25, -0.2) is 0 Å². The SMILES string of the molecule is C/C(=C\C(=O)C/C(C)=C/Cc1cc(O)cc(C)c1O)CC/C=C(\C)C(O)CC1OC1(C)C. The zero-order chi connectivity index (χ0) is 24.1. The summed E-state index contributed by atoms with van der Waals surface area (Å²) in [5.41, 5.74) is 4.03. The van der Waals surface area contributed by atoms with E-state index in [0.717, 1.165) is 29.6 Å². The maximum Gasteiger partial charge on any atom is 0.159 e. The summed E-state index contributed by atoms with van der Waals surface area (Å²) < 4.78 is 5.54. The minimum absolute atomic E-state index is 0.0430. The number of phenols is 2. The van der Waals surface area contributed by atoms with Gasteiger partial charge < -0.3 is 20.1 Å². The molecule has 5 heteroatoms. The van der Waals surface area contributed by atoms with Crippen LogP contribution in [0.25, 0.3) is 0 Å². The number of hydrogen-bond acceptors (Lipinski definition) is 5. The van der Waals surface area contributed by atoms with Gasteiger partial charge in [-0.2, -0.15) is 0 Å². The first-order chi connectivity index (χ1) is 14.9. The number of aryl methyl sites for hydroxylation is 1. The van der Waals surface area contributed by atoms with Crippen LogP contribution in [0.3, 0.4) is 0 Å². The Bertz CT molecular complexity index is 920. The van der Waals surface area contributed by atoms with Crippen molar-refractivity contribution in [2.24, 2.45) is 0 Å². The Balaban J connectivity index is 1.80. The number of ether oxygens (including phenoxy) is 1. The highest BCUT2D eigenvalue weighted by molar-refractivity contribution is 5.91. The predicted octanol–water partition coefficient (Wildman–Crippen LogP) is 5.46. The molecule has 1 heterocycles. The third-order valence-corrected chi connectivity index (χ3v) is 6.03. The smallest absolute Gasteiger partial charge is 0.159 e. The van der Waals surface area contributed by atoms with Gasteiger partial charge in [0, 0.05) is 18.4 Å². The number of epoxide rings is 1. The molecule has 0 saturated carbocycles. The van der Waals surface area contributed by atoms with Crippen LogP contribution in [0.2, 0.25) is 0 Å². The molecular weight excluding hydrogens is 404 g/mol. The van der Waals surface area contributed by atoms with Crippen LogP contribution in [0.4, 0.5) is 0 Å². The summed E-state index contributed by atoms with van der Waals surface area (Å²) in [6.45, 7) is 11.6.